The smallest absolute Gasteiger partial charge is 0.147 e. The third-order valence-electron chi connectivity index (χ3n) is 5.94. The van der Waals surface area contributed by atoms with Crippen LogP contribution in [0, 0.1) is 5.92 Å². The van der Waals surface area contributed by atoms with Crippen LogP contribution in [0.4, 0.5) is 5.82 Å². The summed E-state index contributed by atoms with van der Waals surface area (Å²) < 4.78 is 12.3. The Morgan fingerprint density at radius 2 is 1.97 bits per heavy atom. The van der Waals surface area contributed by atoms with Crippen LogP contribution in [0.25, 0.3) is 20.7 Å². The monoisotopic (exact) mass is 444 g/mol. The van der Waals surface area contributed by atoms with E-state index in [2.05, 4.69) is 26.3 Å². The molecule has 0 saturated carbocycles. The van der Waals surface area contributed by atoms with Crippen LogP contribution in [0.3, 0.4) is 0 Å². The van der Waals surface area contributed by atoms with Gasteiger partial charge in [0, 0.05) is 48.1 Å². The molecular formula is C22H25ClN4O2S. The summed E-state index contributed by atoms with van der Waals surface area (Å²) in [6.07, 6.45) is 2.76. The molecule has 0 radical (unpaired) electrons. The first-order valence-electron chi connectivity index (χ1n) is 10.4. The number of aromatic nitrogens is 2. The molecule has 30 heavy (non-hydrogen) atoms. The van der Waals surface area contributed by atoms with Crippen molar-refractivity contribution in [2.24, 2.45) is 5.92 Å². The van der Waals surface area contributed by atoms with Crippen LogP contribution < -0.4 is 5.32 Å². The second-order valence-corrected chi connectivity index (χ2v) is 9.26. The molecule has 2 saturated heterocycles. The molecule has 5 rings (SSSR count). The lowest BCUT2D eigenvalue weighted by Crippen LogP contribution is -2.50. The van der Waals surface area contributed by atoms with Gasteiger partial charge in [0.05, 0.1) is 30.0 Å². The van der Waals surface area contributed by atoms with E-state index in [9.17, 15) is 0 Å². The number of hydrogen-bond donors (Lipinski definition) is 1. The van der Waals surface area contributed by atoms with E-state index in [0.29, 0.717) is 12.0 Å². The number of morpholine rings is 1. The fourth-order valence-electron chi connectivity index (χ4n) is 4.30. The first-order valence-corrected chi connectivity index (χ1v) is 11.6. The van der Waals surface area contributed by atoms with E-state index in [4.69, 9.17) is 21.1 Å². The predicted molar refractivity (Wildman–Crippen MR) is 121 cm³/mol. The Morgan fingerprint density at radius 1 is 1.13 bits per heavy atom. The minimum absolute atomic E-state index is 0.414. The molecule has 0 bridgehead atoms. The lowest BCUT2D eigenvalue weighted by molar-refractivity contribution is 0.00460. The fraction of sp³-hybridized carbons (Fsp3) is 0.455. The van der Waals surface area contributed by atoms with Gasteiger partial charge in [-0.1, -0.05) is 23.7 Å². The summed E-state index contributed by atoms with van der Waals surface area (Å²) in [5.74, 6) is 1.45. The van der Waals surface area contributed by atoms with Crippen LogP contribution in [-0.4, -0.2) is 67.0 Å². The molecule has 2 atom stereocenters. The van der Waals surface area contributed by atoms with Gasteiger partial charge in [-0.25, -0.2) is 9.97 Å². The zero-order chi connectivity index (χ0) is 20.3. The molecule has 3 aromatic rings. The van der Waals surface area contributed by atoms with Gasteiger partial charge < -0.3 is 14.8 Å². The number of fused-ring (bicyclic) bond motifs is 1. The summed E-state index contributed by atoms with van der Waals surface area (Å²) in [6, 6.07) is 10.5. The lowest BCUT2D eigenvalue weighted by Gasteiger charge is -2.37. The van der Waals surface area contributed by atoms with Crippen molar-refractivity contribution in [2.45, 2.75) is 12.5 Å². The molecule has 2 aliphatic rings. The van der Waals surface area contributed by atoms with Gasteiger partial charge in [-0.2, -0.15) is 0 Å². The Morgan fingerprint density at radius 3 is 2.73 bits per heavy atom. The number of hydrogen-bond acceptors (Lipinski definition) is 7. The van der Waals surface area contributed by atoms with Crippen molar-refractivity contribution in [1.82, 2.24) is 14.9 Å². The standard InChI is InChI=1S/C22H25ClN4O2S/c23-17-3-1-15(2-4-17)20-11-18-21(30-20)22(26-14-25-18)24-12-19(16-5-8-29-13-16)27-6-9-28-10-7-27/h1-4,11,14,16,19H,5-10,12-13H2,(H,24,25,26). The number of halogens is 1. The Kier molecular flexibility index (Phi) is 6.15. The second kappa shape index (κ2) is 9.16. The second-order valence-electron chi connectivity index (χ2n) is 7.77. The number of benzene rings is 1. The maximum Gasteiger partial charge on any atom is 0.147 e. The normalized spacial score (nSPS) is 21.2. The van der Waals surface area contributed by atoms with E-state index < -0.39 is 0 Å². The Labute approximate surface area is 185 Å². The highest BCUT2D eigenvalue weighted by molar-refractivity contribution is 7.22. The van der Waals surface area contributed by atoms with Crippen molar-refractivity contribution in [2.75, 3.05) is 51.4 Å². The Balaban J connectivity index is 1.37. The summed E-state index contributed by atoms with van der Waals surface area (Å²) in [5, 5.41) is 4.38. The van der Waals surface area contributed by atoms with Crippen LogP contribution in [0.2, 0.25) is 5.02 Å². The molecule has 158 valence electrons. The molecule has 6 nitrogen and oxygen atoms in total. The van der Waals surface area contributed by atoms with Crippen LogP contribution in [-0.2, 0) is 9.47 Å². The highest BCUT2D eigenvalue weighted by Crippen LogP contribution is 2.36. The summed E-state index contributed by atoms with van der Waals surface area (Å²) in [6.45, 7) is 6.09. The van der Waals surface area contributed by atoms with Crippen LogP contribution in [0.15, 0.2) is 36.7 Å². The topological polar surface area (TPSA) is 59.5 Å². The quantitative estimate of drug-likeness (QED) is 0.616. The van der Waals surface area contributed by atoms with E-state index in [-0.39, 0.29) is 0 Å². The lowest BCUT2D eigenvalue weighted by atomic mass is 9.97. The van der Waals surface area contributed by atoms with Gasteiger partial charge in [0.1, 0.15) is 12.1 Å². The first kappa shape index (κ1) is 20.2. The van der Waals surface area contributed by atoms with Crippen molar-refractivity contribution in [3.63, 3.8) is 0 Å². The molecule has 2 aromatic heterocycles. The van der Waals surface area contributed by atoms with Crippen molar-refractivity contribution in [1.29, 1.82) is 0 Å². The van der Waals surface area contributed by atoms with Crippen molar-refractivity contribution < 1.29 is 9.47 Å². The van der Waals surface area contributed by atoms with Gasteiger partial charge in [0.25, 0.3) is 0 Å². The molecule has 1 N–H and O–H groups in total. The zero-order valence-electron chi connectivity index (χ0n) is 16.7. The number of anilines is 1. The number of nitrogens with one attached hydrogen (secondary N) is 1. The van der Waals surface area contributed by atoms with Crippen molar-refractivity contribution >= 4 is 39.0 Å². The van der Waals surface area contributed by atoms with Crippen LogP contribution in [0.5, 0.6) is 0 Å². The Hall–Kier alpha value is -1.77. The van der Waals surface area contributed by atoms with Gasteiger partial charge in [0.15, 0.2) is 0 Å². The fourth-order valence-corrected chi connectivity index (χ4v) is 5.51. The van der Waals surface area contributed by atoms with Crippen LogP contribution in [0.1, 0.15) is 6.42 Å². The van der Waals surface area contributed by atoms with Crippen molar-refractivity contribution in [3.05, 3.63) is 41.7 Å². The molecule has 1 aromatic carbocycles. The largest absolute Gasteiger partial charge is 0.381 e. The molecule has 0 aliphatic carbocycles. The third-order valence-corrected chi connectivity index (χ3v) is 7.37. The molecule has 8 heteroatoms. The molecule has 2 fully saturated rings. The van der Waals surface area contributed by atoms with Gasteiger partial charge in [-0.3, -0.25) is 4.90 Å². The maximum atomic E-state index is 6.04. The predicted octanol–water partition coefficient (Wildman–Crippen LogP) is 4.16. The highest BCUT2D eigenvalue weighted by atomic mass is 35.5. The number of nitrogens with zero attached hydrogens (tertiary/aromatic N) is 3. The SMILES string of the molecule is Clc1ccc(-c2cc3ncnc(NCC(C4CCOC4)N4CCOCC4)c3s2)cc1. The van der Waals surface area contributed by atoms with E-state index in [1.807, 2.05) is 24.3 Å². The average molecular weight is 445 g/mol. The number of rotatable bonds is 6. The van der Waals surface area contributed by atoms with Crippen LogP contribution >= 0.6 is 22.9 Å². The Bertz CT molecular complexity index is 984. The van der Waals surface area contributed by atoms with Crippen molar-refractivity contribution in [3.8, 4) is 10.4 Å². The number of thiophene rings is 1. The van der Waals surface area contributed by atoms with E-state index >= 15 is 0 Å². The van der Waals surface area contributed by atoms with E-state index in [0.717, 1.165) is 79.1 Å². The highest BCUT2D eigenvalue weighted by Gasteiger charge is 2.31. The summed E-state index contributed by atoms with van der Waals surface area (Å²) in [5.41, 5.74) is 2.11. The zero-order valence-corrected chi connectivity index (χ0v) is 18.3. The average Bonchev–Trinajstić information content (AvgIpc) is 3.46. The molecule has 2 unspecified atom stereocenters. The first-order chi connectivity index (χ1) is 14.8. The summed E-state index contributed by atoms with van der Waals surface area (Å²) in [4.78, 5) is 12.8. The van der Waals surface area contributed by atoms with Gasteiger partial charge >= 0.3 is 0 Å². The third kappa shape index (κ3) is 4.31. The van der Waals surface area contributed by atoms with E-state index in [1.165, 1.54) is 4.88 Å². The van der Waals surface area contributed by atoms with Gasteiger partial charge in [-0.15, -0.1) is 11.3 Å². The molecular weight excluding hydrogens is 420 g/mol. The van der Waals surface area contributed by atoms with E-state index in [1.54, 1.807) is 17.7 Å². The molecule has 0 spiro atoms. The van der Waals surface area contributed by atoms with Gasteiger partial charge in [0.2, 0.25) is 0 Å². The summed E-state index contributed by atoms with van der Waals surface area (Å²) >= 11 is 7.76. The minimum atomic E-state index is 0.414. The molecule has 4 heterocycles. The molecule has 0 amide bonds. The van der Waals surface area contributed by atoms with Gasteiger partial charge in [-0.05, 0) is 30.2 Å². The minimum Gasteiger partial charge on any atom is -0.381 e. The summed E-state index contributed by atoms with van der Waals surface area (Å²) in [7, 11) is 0. The number of ether oxygens (including phenoxy) is 2. The molecule has 2 aliphatic heterocycles. The maximum absolute atomic E-state index is 6.04.